The van der Waals surface area contributed by atoms with Crippen LogP contribution in [0.15, 0.2) is 58.3 Å². The van der Waals surface area contributed by atoms with Gasteiger partial charge in [-0.25, -0.2) is 0 Å². The minimum atomic E-state index is -4.35. The molecule has 0 aliphatic carbocycles. The van der Waals surface area contributed by atoms with E-state index in [0.717, 1.165) is 12.1 Å². The predicted molar refractivity (Wildman–Crippen MR) is 72.2 cm³/mol. The second-order valence-corrected chi connectivity index (χ2v) is 5.35. The van der Waals surface area contributed by atoms with Crippen LogP contribution in [0.4, 0.5) is 13.2 Å². The van der Waals surface area contributed by atoms with E-state index in [1.807, 2.05) is 0 Å². The van der Waals surface area contributed by atoms with E-state index in [1.54, 1.807) is 24.3 Å². The van der Waals surface area contributed by atoms with E-state index in [1.165, 1.54) is 23.9 Å². The molecule has 0 bridgehead atoms. The first-order valence-electron chi connectivity index (χ1n) is 5.52. The Kier molecular flexibility index (Phi) is 4.40. The fraction of sp³-hybridized carbons (Fsp3) is 0.0714. The number of rotatable bonds is 3. The van der Waals surface area contributed by atoms with Crippen LogP contribution in [0.5, 0.6) is 0 Å². The Morgan fingerprint density at radius 3 is 2.15 bits per heavy atom. The van der Waals surface area contributed by atoms with Crippen LogP contribution in [0.25, 0.3) is 0 Å². The normalized spacial score (nSPS) is 11.4. The van der Waals surface area contributed by atoms with Gasteiger partial charge in [-0.3, -0.25) is 4.79 Å². The quantitative estimate of drug-likeness (QED) is 0.721. The Morgan fingerprint density at radius 1 is 1.00 bits per heavy atom. The van der Waals surface area contributed by atoms with Gasteiger partial charge < -0.3 is 0 Å². The second-order valence-electron chi connectivity index (χ2n) is 3.89. The topological polar surface area (TPSA) is 17.1 Å². The maximum atomic E-state index is 12.4. The van der Waals surface area contributed by atoms with Crippen LogP contribution in [0, 0.1) is 0 Å². The summed E-state index contributed by atoms with van der Waals surface area (Å²) in [5, 5.41) is -0.597. The fourth-order valence-electron chi connectivity index (χ4n) is 1.56. The lowest BCUT2D eigenvalue weighted by Crippen LogP contribution is -2.03. The number of benzene rings is 2. The molecule has 0 fully saturated rings. The summed E-state index contributed by atoms with van der Waals surface area (Å²) >= 11 is 6.65. The molecule has 0 radical (unpaired) electrons. The Balaban J connectivity index is 2.25. The summed E-state index contributed by atoms with van der Waals surface area (Å²) in [6, 6.07) is 11.4. The van der Waals surface area contributed by atoms with Crippen LogP contribution < -0.4 is 0 Å². The van der Waals surface area contributed by atoms with E-state index in [9.17, 15) is 18.0 Å². The molecule has 0 saturated heterocycles. The highest BCUT2D eigenvalue weighted by molar-refractivity contribution is 7.99. The lowest BCUT2D eigenvalue weighted by Gasteiger charge is -2.08. The number of carbonyl (C=O) groups is 1. The van der Waals surface area contributed by atoms with Crippen molar-refractivity contribution in [3.8, 4) is 0 Å². The molecular formula is C14H8ClF3OS. The smallest absolute Gasteiger partial charge is 0.276 e. The van der Waals surface area contributed by atoms with Crippen molar-refractivity contribution in [2.75, 3.05) is 0 Å². The number of carbonyl (C=O) groups excluding carboxylic acids is 1. The third-order valence-corrected chi connectivity index (χ3v) is 3.80. The summed E-state index contributed by atoms with van der Waals surface area (Å²) in [7, 11) is 0. The highest BCUT2D eigenvalue weighted by Crippen LogP contribution is 2.34. The van der Waals surface area contributed by atoms with Gasteiger partial charge in [0.25, 0.3) is 5.24 Å². The van der Waals surface area contributed by atoms with Gasteiger partial charge in [0.1, 0.15) is 0 Å². The van der Waals surface area contributed by atoms with Crippen molar-refractivity contribution in [1.82, 2.24) is 0 Å². The zero-order valence-corrected chi connectivity index (χ0v) is 11.5. The van der Waals surface area contributed by atoms with E-state index in [4.69, 9.17) is 11.6 Å². The van der Waals surface area contributed by atoms with Crippen LogP contribution >= 0.6 is 23.4 Å². The van der Waals surface area contributed by atoms with Crippen molar-refractivity contribution in [2.45, 2.75) is 16.0 Å². The molecule has 0 saturated carbocycles. The Morgan fingerprint density at radius 2 is 1.60 bits per heavy atom. The van der Waals surface area contributed by atoms with Crippen molar-refractivity contribution in [2.24, 2.45) is 0 Å². The molecule has 0 spiro atoms. The van der Waals surface area contributed by atoms with Gasteiger partial charge in [0.05, 0.1) is 5.56 Å². The van der Waals surface area contributed by atoms with Gasteiger partial charge >= 0.3 is 6.18 Å². The molecule has 104 valence electrons. The molecule has 0 heterocycles. The summed E-state index contributed by atoms with van der Waals surface area (Å²) in [4.78, 5) is 12.4. The summed E-state index contributed by atoms with van der Waals surface area (Å²) in [5.74, 6) is 0. The van der Waals surface area contributed by atoms with E-state index >= 15 is 0 Å². The lowest BCUT2D eigenvalue weighted by atomic mass is 10.2. The van der Waals surface area contributed by atoms with E-state index in [2.05, 4.69) is 0 Å². The highest BCUT2D eigenvalue weighted by atomic mass is 35.5. The largest absolute Gasteiger partial charge is 0.416 e. The average molecular weight is 317 g/mol. The first-order chi connectivity index (χ1) is 9.38. The van der Waals surface area contributed by atoms with Gasteiger partial charge in [-0.15, -0.1) is 0 Å². The number of halogens is 4. The summed E-state index contributed by atoms with van der Waals surface area (Å²) < 4.78 is 37.3. The summed E-state index contributed by atoms with van der Waals surface area (Å²) in [5.41, 5.74) is -0.373. The number of alkyl halides is 3. The van der Waals surface area contributed by atoms with Gasteiger partial charge in [-0.1, -0.05) is 23.9 Å². The molecule has 0 aliphatic heterocycles. The molecular weight excluding hydrogens is 309 g/mol. The minimum absolute atomic E-state index is 0.332. The van der Waals surface area contributed by atoms with Crippen molar-refractivity contribution in [3.05, 3.63) is 59.7 Å². The van der Waals surface area contributed by atoms with Gasteiger partial charge in [-0.05, 0) is 48.0 Å². The van der Waals surface area contributed by atoms with Crippen molar-refractivity contribution in [1.29, 1.82) is 0 Å². The van der Waals surface area contributed by atoms with E-state index < -0.39 is 17.0 Å². The molecule has 2 aromatic rings. The van der Waals surface area contributed by atoms with Crippen molar-refractivity contribution < 1.29 is 18.0 Å². The SMILES string of the molecule is O=C(Cl)c1ccccc1Sc1ccc(C(F)(F)F)cc1. The third-order valence-electron chi connectivity index (χ3n) is 2.51. The monoisotopic (exact) mass is 316 g/mol. The molecule has 0 aromatic heterocycles. The zero-order valence-electron chi connectivity index (χ0n) is 9.95. The highest BCUT2D eigenvalue weighted by Gasteiger charge is 2.29. The first kappa shape index (κ1) is 14.9. The predicted octanol–water partition coefficient (Wildman–Crippen LogP) is 5.24. The molecule has 2 rings (SSSR count). The molecule has 0 aliphatic rings. The van der Waals surface area contributed by atoms with E-state index in [-0.39, 0.29) is 0 Å². The summed E-state index contributed by atoms with van der Waals surface area (Å²) in [6.07, 6.45) is -4.35. The Labute approximate surface area is 122 Å². The first-order valence-corrected chi connectivity index (χ1v) is 6.71. The molecule has 0 amide bonds. The number of hydrogen-bond donors (Lipinski definition) is 0. The fourth-order valence-corrected chi connectivity index (χ4v) is 2.72. The van der Waals surface area contributed by atoms with Crippen LogP contribution in [0.2, 0.25) is 0 Å². The second kappa shape index (κ2) is 5.89. The van der Waals surface area contributed by atoms with Crippen molar-refractivity contribution in [3.63, 3.8) is 0 Å². The molecule has 20 heavy (non-hydrogen) atoms. The van der Waals surface area contributed by atoms with Gasteiger partial charge in [0.2, 0.25) is 0 Å². The Hall–Kier alpha value is -1.46. The minimum Gasteiger partial charge on any atom is -0.276 e. The van der Waals surface area contributed by atoms with Gasteiger partial charge in [0, 0.05) is 15.4 Å². The lowest BCUT2D eigenvalue weighted by molar-refractivity contribution is -0.137. The van der Waals surface area contributed by atoms with Gasteiger partial charge in [0.15, 0.2) is 0 Å². The average Bonchev–Trinajstić information content (AvgIpc) is 2.38. The maximum absolute atomic E-state index is 12.4. The molecule has 0 atom stereocenters. The molecule has 0 unspecified atom stereocenters. The molecule has 2 aromatic carbocycles. The molecule has 0 N–H and O–H groups in total. The third kappa shape index (κ3) is 3.55. The van der Waals surface area contributed by atoms with Gasteiger partial charge in [-0.2, -0.15) is 13.2 Å². The van der Waals surface area contributed by atoms with E-state index in [0.29, 0.717) is 15.4 Å². The standard InChI is InChI=1S/C14H8ClF3OS/c15-13(19)11-3-1-2-4-12(11)20-10-7-5-9(6-8-10)14(16,17)18/h1-8H. The van der Waals surface area contributed by atoms with Crippen LogP contribution in [0.1, 0.15) is 15.9 Å². The zero-order chi connectivity index (χ0) is 14.8. The van der Waals surface area contributed by atoms with Crippen molar-refractivity contribution >= 4 is 28.6 Å². The van der Waals surface area contributed by atoms with Crippen LogP contribution in [-0.4, -0.2) is 5.24 Å². The molecule has 6 heteroatoms. The maximum Gasteiger partial charge on any atom is 0.416 e. The van der Waals surface area contributed by atoms with Crippen LogP contribution in [0.3, 0.4) is 0 Å². The number of hydrogen-bond acceptors (Lipinski definition) is 2. The van der Waals surface area contributed by atoms with Crippen LogP contribution in [-0.2, 0) is 6.18 Å². The Bertz CT molecular complexity index is 623. The summed E-state index contributed by atoms with van der Waals surface area (Å²) in [6.45, 7) is 0. The molecule has 1 nitrogen and oxygen atoms in total.